The number of aryl methyl sites for hydroxylation is 2. The van der Waals surface area contributed by atoms with Crippen LogP contribution in [0.2, 0.25) is 0 Å². The first-order valence-corrected chi connectivity index (χ1v) is 6.81. The number of anilines is 1. The molecule has 1 heterocycles. The number of carbonyl (C=O) groups is 1. The number of ketones is 1. The maximum Gasteiger partial charge on any atom is 0.216 e. The largest absolute Gasteiger partial charge is 0.368 e. The van der Waals surface area contributed by atoms with Gasteiger partial charge < -0.3 is 5.73 Å². The van der Waals surface area contributed by atoms with Crippen molar-refractivity contribution >= 4 is 23.5 Å². The van der Waals surface area contributed by atoms with Gasteiger partial charge in [-0.05, 0) is 38.0 Å². The molecule has 2 rings (SSSR count). The number of hydrogen-bond acceptors (Lipinski definition) is 5. The fraction of sp³-hybridized carbons (Fsp3) is 0.308. The topological polar surface area (TPSA) is 84.7 Å². The van der Waals surface area contributed by atoms with Gasteiger partial charge in [0.25, 0.3) is 0 Å². The number of nitrogens with two attached hydrogens (primary N) is 1. The summed E-state index contributed by atoms with van der Waals surface area (Å²) in [5.41, 5.74) is 8.46. The lowest BCUT2D eigenvalue weighted by atomic mass is 10.0. The zero-order valence-corrected chi connectivity index (χ0v) is 11.9. The number of benzene rings is 1. The van der Waals surface area contributed by atoms with Gasteiger partial charge in [-0.1, -0.05) is 23.9 Å². The second-order valence-corrected chi connectivity index (χ2v) is 5.73. The number of nitrogen functional groups attached to an aromatic ring is 1. The van der Waals surface area contributed by atoms with E-state index < -0.39 is 0 Å². The van der Waals surface area contributed by atoms with Gasteiger partial charge in [-0.25, -0.2) is 5.10 Å². The van der Waals surface area contributed by atoms with E-state index >= 15 is 0 Å². The summed E-state index contributed by atoms with van der Waals surface area (Å²) in [6, 6.07) is 5.74. The molecule has 0 spiro atoms. The van der Waals surface area contributed by atoms with E-state index in [-0.39, 0.29) is 17.0 Å². The molecular formula is C13H16N4OS. The molecule has 2 aromatic rings. The van der Waals surface area contributed by atoms with Gasteiger partial charge in [0.1, 0.15) is 0 Å². The van der Waals surface area contributed by atoms with Crippen LogP contribution in [0.1, 0.15) is 28.4 Å². The number of hydrogen-bond donors (Lipinski definition) is 2. The standard InChI is InChI=1S/C13H16N4OS/c1-7-4-5-10(6-8(7)2)11(18)9(3)19-13-15-12(14)16-17-13/h4-6,9H,1-3H3,(H3,14,15,16,17)/t9-/m0/s1. The molecule has 0 fully saturated rings. The van der Waals surface area contributed by atoms with Gasteiger partial charge in [0, 0.05) is 5.56 Å². The summed E-state index contributed by atoms with van der Waals surface area (Å²) >= 11 is 1.29. The van der Waals surface area contributed by atoms with Crippen molar-refractivity contribution in [3.05, 3.63) is 34.9 Å². The predicted molar refractivity (Wildman–Crippen MR) is 76.4 cm³/mol. The number of nitrogens with one attached hydrogen (secondary N) is 1. The minimum Gasteiger partial charge on any atom is -0.368 e. The van der Waals surface area contributed by atoms with E-state index in [9.17, 15) is 4.79 Å². The summed E-state index contributed by atoms with van der Waals surface area (Å²) < 4.78 is 0. The third kappa shape index (κ3) is 3.14. The van der Waals surface area contributed by atoms with Crippen LogP contribution in [-0.4, -0.2) is 26.2 Å². The summed E-state index contributed by atoms with van der Waals surface area (Å²) in [5.74, 6) is 0.324. The number of thioether (sulfide) groups is 1. The molecule has 0 aliphatic rings. The van der Waals surface area contributed by atoms with Crippen LogP contribution < -0.4 is 5.73 Å². The van der Waals surface area contributed by atoms with Crippen molar-refractivity contribution in [1.82, 2.24) is 15.2 Å². The number of nitrogens with zero attached hydrogens (tertiary/aromatic N) is 2. The molecule has 0 radical (unpaired) electrons. The van der Waals surface area contributed by atoms with Crippen LogP contribution in [0, 0.1) is 13.8 Å². The number of rotatable bonds is 4. The molecule has 1 aromatic heterocycles. The third-order valence-corrected chi connectivity index (χ3v) is 3.89. The second kappa shape index (κ2) is 5.44. The van der Waals surface area contributed by atoms with E-state index in [0.29, 0.717) is 10.7 Å². The first-order chi connectivity index (χ1) is 8.97. The Morgan fingerprint density at radius 1 is 1.37 bits per heavy atom. The summed E-state index contributed by atoms with van der Waals surface area (Å²) in [4.78, 5) is 16.3. The molecule has 3 N–H and O–H groups in total. The Labute approximate surface area is 116 Å². The fourth-order valence-electron chi connectivity index (χ4n) is 1.65. The average Bonchev–Trinajstić information content (AvgIpc) is 2.77. The quantitative estimate of drug-likeness (QED) is 0.661. The third-order valence-electron chi connectivity index (χ3n) is 2.93. The molecule has 1 aromatic carbocycles. The van der Waals surface area contributed by atoms with Crippen LogP contribution in [0.25, 0.3) is 0 Å². The zero-order chi connectivity index (χ0) is 14.0. The van der Waals surface area contributed by atoms with E-state index in [2.05, 4.69) is 15.2 Å². The normalized spacial score (nSPS) is 12.4. The lowest BCUT2D eigenvalue weighted by molar-refractivity contribution is 0.0994. The maximum absolute atomic E-state index is 12.3. The molecule has 100 valence electrons. The van der Waals surface area contributed by atoms with E-state index in [0.717, 1.165) is 5.56 Å². The van der Waals surface area contributed by atoms with Gasteiger partial charge in [0.05, 0.1) is 5.25 Å². The Bertz CT molecular complexity index is 608. The van der Waals surface area contributed by atoms with E-state index in [1.165, 1.54) is 17.3 Å². The SMILES string of the molecule is Cc1ccc(C(=O)[C@H](C)Sc2n[nH]c(N)n2)cc1C. The van der Waals surface area contributed by atoms with Gasteiger partial charge in [0.2, 0.25) is 11.1 Å². The summed E-state index contributed by atoms with van der Waals surface area (Å²) in [6.45, 7) is 5.87. The Balaban J connectivity index is 2.12. The lowest BCUT2D eigenvalue weighted by Crippen LogP contribution is -2.14. The first-order valence-electron chi connectivity index (χ1n) is 5.93. The van der Waals surface area contributed by atoms with Gasteiger partial charge in [-0.2, -0.15) is 4.98 Å². The van der Waals surface area contributed by atoms with Crippen molar-refractivity contribution in [3.8, 4) is 0 Å². The summed E-state index contributed by atoms with van der Waals surface area (Å²) in [5, 5.41) is 6.70. The molecular weight excluding hydrogens is 260 g/mol. The van der Waals surface area contributed by atoms with Crippen LogP contribution >= 0.6 is 11.8 Å². The molecule has 0 saturated carbocycles. The predicted octanol–water partition coefficient (Wildman–Crippen LogP) is 2.37. The highest BCUT2D eigenvalue weighted by atomic mass is 32.2. The minimum absolute atomic E-state index is 0.0662. The molecule has 0 aliphatic carbocycles. The van der Waals surface area contributed by atoms with Crippen molar-refractivity contribution in [2.75, 3.05) is 5.73 Å². The number of H-pyrrole nitrogens is 1. The van der Waals surface area contributed by atoms with Crippen molar-refractivity contribution in [2.45, 2.75) is 31.2 Å². The van der Waals surface area contributed by atoms with Crippen molar-refractivity contribution in [2.24, 2.45) is 0 Å². The molecule has 19 heavy (non-hydrogen) atoms. The molecule has 0 unspecified atom stereocenters. The van der Waals surface area contributed by atoms with Crippen LogP contribution in [0.3, 0.4) is 0 Å². The average molecular weight is 276 g/mol. The molecule has 5 nitrogen and oxygen atoms in total. The van der Waals surface area contributed by atoms with Gasteiger partial charge in [0.15, 0.2) is 5.78 Å². The lowest BCUT2D eigenvalue weighted by Gasteiger charge is -2.09. The smallest absolute Gasteiger partial charge is 0.216 e. The van der Waals surface area contributed by atoms with Crippen LogP contribution in [0.5, 0.6) is 0 Å². The highest BCUT2D eigenvalue weighted by Crippen LogP contribution is 2.23. The first kappa shape index (κ1) is 13.6. The Kier molecular flexibility index (Phi) is 3.90. The highest BCUT2D eigenvalue weighted by molar-refractivity contribution is 8.00. The van der Waals surface area contributed by atoms with Crippen LogP contribution in [0.4, 0.5) is 5.95 Å². The van der Waals surface area contributed by atoms with Gasteiger partial charge in [-0.15, -0.1) is 5.10 Å². The molecule has 0 saturated heterocycles. The van der Waals surface area contributed by atoms with Gasteiger partial charge >= 0.3 is 0 Å². The van der Waals surface area contributed by atoms with E-state index in [4.69, 9.17) is 5.73 Å². The molecule has 0 amide bonds. The number of aromatic amines is 1. The van der Waals surface area contributed by atoms with E-state index in [1.807, 2.05) is 39.0 Å². The fourth-order valence-corrected chi connectivity index (χ4v) is 2.46. The van der Waals surface area contributed by atoms with Crippen LogP contribution in [-0.2, 0) is 0 Å². The second-order valence-electron chi connectivity index (χ2n) is 4.43. The summed E-state index contributed by atoms with van der Waals surface area (Å²) in [7, 11) is 0. The molecule has 1 atom stereocenters. The molecule has 0 aliphatic heterocycles. The zero-order valence-electron chi connectivity index (χ0n) is 11.1. The Morgan fingerprint density at radius 3 is 2.68 bits per heavy atom. The maximum atomic E-state index is 12.3. The molecule has 0 bridgehead atoms. The Morgan fingerprint density at radius 2 is 2.11 bits per heavy atom. The monoisotopic (exact) mass is 276 g/mol. The van der Waals surface area contributed by atoms with Crippen molar-refractivity contribution < 1.29 is 4.79 Å². The number of aromatic nitrogens is 3. The summed E-state index contributed by atoms with van der Waals surface area (Å²) in [6.07, 6.45) is 0. The molecule has 6 heteroatoms. The van der Waals surface area contributed by atoms with Crippen molar-refractivity contribution in [1.29, 1.82) is 0 Å². The van der Waals surface area contributed by atoms with Crippen molar-refractivity contribution in [3.63, 3.8) is 0 Å². The number of Topliss-reactive ketones (excluding diaryl/α,β-unsaturated/α-hetero) is 1. The van der Waals surface area contributed by atoms with Crippen LogP contribution in [0.15, 0.2) is 23.4 Å². The minimum atomic E-state index is -0.252. The van der Waals surface area contributed by atoms with E-state index in [1.54, 1.807) is 0 Å². The van der Waals surface area contributed by atoms with Gasteiger partial charge in [-0.3, -0.25) is 4.79 Å². The Hall–Kier alpha value is -1.82. The highest BCUT2D eigenvalue weighted by Gasteiger charge is 2.18. The number of carbonyl (C=O) groups excluding carboxylic acids is 1.